The first kappa shape index (κ1) is 15.9. The largest absolute Gasteiger partial charge is 0.356 e. The first-order valence-electron chi connectivity index (χ1n) is 6.00. The molecule has 0 spiro atoms. The zero-order valence-corrected chi connectivity index (χ0v) is 10.5. The minimum atomic E-state index is 0.229. The van der Waals surface area contributed by atoms with Gasteiger partial charge in [-0.1, -0.05) is 47.5 Å². The van der Waals surface area contributed by atoms with Crippen LogP contribution in [0.15, 0.2) is 0 Å². The van der Waals surface area contributed by atoms with E-state index in [1.54, 1.807) is 0 Å². The van der Waals surface area contributed by atoms with Gasteiger partial charge in [-0.15, -0.1) is 0 Å². The molecular weight excluding hydrogens is 174 g/mol. The zero-order chi connectivity index (χ0) is 11.4. The van der Waals surface area contributed by atoms with Gasteiger partial charge in [-0.25, -0.2) is 0 Å². The smallest absolute Gasteiger partial charge is 0.222 e. The number of nitrogens with one attached hydrogen (secondary N) is 1. The maximum atomic E-state index is 10.9. The highest BCUT2D eigenvalue weighted by Crippen LogP contribution is 2.10. The van der Waals surface area contributed by atoms with Gasteiger partial charge in [0.15, 0.2) is 0 Å². The van der Waals surface area contributed by atoms with Crippen LogP contribution in [0, 0.1) is 5.92 Å². The summed E-state index contributed by atoms with van der Waals surface area (Å²) in [4.78, 5) is 10.9. The van der Waals surface area contributed by atoms with Gasteiger partial charge >= 0.3 is 0 Å². The molecule has 1 amide bonds. The van der Waals surface area contributed by atoms with Crippen LogP contribution in [0.5, 0.6) is 0 Å². The Morgan fingerprint density at radius 2 is 1.79 bits per heavy atom. The number of carbonyl (C=O) groups excluding carboxylic acids is 1. The van der Waals surface area contributed by atoms with Crippen LogP contribution in [-0.2, 0) is 4.79 Å². The molecule has 0 bridgehead atoms. The number of hydrogen-bond donors (Lipinski definition) is 1. The summed E-state index contributed by atoms with van der Waals surface area (Å²) in [6, 6.07) is 0. The first-order chi connectivity index (χ1) is 6.72. The predicted octanol–water partition coefficient (Wildman–Crippen LogP) is 3.37. The van der Waals surface area contributed by atoms with E-state index in [1.807, 2.05) is 20.8 Å². The van der Waals surface area contributed by atoms with Crippen LogP contribution in [0.25, 0.3) is 0 Å². The molecule has 1 aliphatic heterocycles. The minimum Gasteiger partial charge on any atom is -0.356 e. The lowest BCUT2D eigenvalue weighted by Gasteiger charge is -2.03. The van der Waals surface area contributed by atoms with Gasteiger partial charge in [0.1, 0.15) is 0 Å². The van der Waals surface area contributed by atoms with Gasteiger partial charge in [0, 0.05) is 12.5 Å². The summed E-state index contributed by atoms with van der Waals surface area (Å²) in [5, 5.41) is 2.86. The van der Waals surface area contributed by atoms with Gasteiger partial charge in [0.25, 0.3) is 0 Å². The maximum absolute atomic E-state index is 10.9. The molecule has 0 aliphatic carbocycles. The summed E-state index contributed by atoms with van der Waals surface area (Å²) < 4.78 is 0. The van der Waals surface area contributed by atoms with Crippen LogP contribution >= 0.6 is 0 Å². The molecule has 1 unspecified atom stereocenters. The second kappa shape index (κ2) is 12.5. The molecular formula is C12H27NO. The molecule has 2 heteroatoms. The molecule has 0 saturated carbocycles. The second-order valence-corrected chi connectivity index (χ2v) is 3.39. The van der Waals surface area contributed by atoms with Crippen molar-refractivity contribution in [3.8, 4) is 0 Å². The third kappa shape index (κ3) is 9.56. The average Bonchev–Trinajstić information content (AvgIpc) is 2.37. The second-order valence-electron chi connectivity index (χ2n) is 3.39. The first-order valence-corrected chi connectivity index (χ1v) is 6.00. The lowest BCUT2D eigenvalue weighted by molar-refractivity contribution is -0.124. The number of carbonyl (C=O) groups is 1. The molecule has 86 valence electrons. The molecule has 0 aromatic heterocycles. The van der Waals surface area contributed by atoms with Crippen LogP contribution in [0.1, 0.15) is 60.3 Å². The Morgan fingerprint density at radius 3 is 2.29 bits per heavy atom. The number of amides is 1. The van der Waals surface area contributed by atoms with Crippen molar-refractivity contribution in [2.75, 3.05) is 6.54 Å². The van der Waals surface area contributed by atoms with Gasteiger partial charge in [-0.05, 0) is 12.8 Å². The maximum Gasteiger partial charge on any atom is 0.222 e. The van der Waals surface area contributed by atoms with E-state index in [9.17, 15) is 4.79 Å². The zero-order valence-electron chi connectivity index (χ0n) is 10.5. The van der Waals surface area contributed by atoms with Gasteiger partial charge in [0.2, 0.25) is 5.91 Å². The fraction of sp³-hybridized carbons (Fsp3) is 0.917. The number of rotatable bonds is 0. The molecule has 14 heavy (non-hydrogen) atoms. The molecule has 1 fully saturated rings. The Balaban J connectivity index is 0. The topological polar surface area (TPSA) is 29.1 Å². The van der Waals surface area contributed by atoms with Crippen LogP contribution in [-0.4, -0.2) is 12.5 Å². The van der Waals surface area contributed by atoms with Crippen molar-refractivity contribution in [3.05, 3.63) is 0 Å². The van der Waals surface area contributed by atoms with Crippen LogP contribution in [0.2, 0.25) is 0 Å². The molecule has 1 N–H and O–H groups in total. The van der Waals surface area contributed by atoms with Gasteiger partial charge in [-0.3, -0.25) is 4.79 Å². The van der Waals surface area contributed by atoms with E-state index in [0.29, 0.717) is 0 Å². The fourth-order valence-corrected chi connectivity index (χ4v) is 1.09. The molecule has 1 aliphatic rings. The van der Waals surface area contributed by atoms with Crippen molar-refractivity contribution in [2.45, 2.75) is 60.3 Å². The Labute approximate surface area is 89.5 Å². The van der Waals surface area contributed by atoms with E-state index in [4.69, 9.17) is 0 Å². The number of hydrogen-bond acceptors (Lipinski definition) is 1. The van der Waals surface area contributed by atoms with E-state index >= 15 is 0 Å². The van der Waals surface area contributed by atoms with E-state index in [1.165, 1.54) is 12.8 Å². The predicted molar refractivity (Wildman–Crippen MR) is 63.3 cm³/mol. The fourth-order valence-electron chi connectivity index (χ4n) is 1.09. The van der Waals surface area contributed by atoms with Crippen LogP contribution < -0.4 is 5.32 Å². The molecule has 0 radical (unpaired) electrons. The molecule has 1 atom stereocenters. The Hall–Kier alpha value is -0.530. The van der Waals surface area contributed by atoms with Crippen LogP contribution in [0.3, 0.4) is 0 Å². The highest BCUT2D eigenvalue weighted by molar-refractivity contribution is 5.78. The average molecular weight is 201 g/mol. The summed E-state index contributed by atoms with van der Waals surface area (Å²) in [6.45, 7) is 11.1. The van der Waals surface area contributed by atoms with Crippen molar-refractivity contribution in [1.82, 2.24) is 5.32 Å². The van der Waals surface area contributed by atoms with Crippen molar-refractivity contribution in [1.29, 1.82) is 0 Å². The van der Waals surface area contributed by atoms with Crippen molar-refractivity contribution >= 4 is 5.91 Å². The van der Waals surface area contributed by atoms with Gasteiger partial charge in [0.05, 0.1) is 0 Å². The highest BCUT2D eigenvalue weighted by Gasteiger charge is 2.14. The summed E-state index contributed by atoms with van der Waals surface area (Å²) >= 11 is 0. The molecule has 2 nitrogen and oxygen atoms in total. The summed E-state index contributed by atoms with van der Waals surface area (Å²) in [7, 11) is 0. The lowest BCUT2D eigenvalue weighted by atomic mass is 10.1. The third-order valence-electron chi connectivity index (χ3n) is 1.81. The minimum absolute atomic E-state index is 0.229. The van der Waals surface area contributed by atoms with Crippen LogP contribution in [0.4, 0.5) is 0 Å². The SMILES string of the molecule is CC.CC1CCCCNC1=O.CCC. The molecule has 1 saturated heterocycles. The summed E-state index contributed by atoms with van der Waals surface area (Å²) in [6.07, 6.45) is 4.65. The Bertz CT molecular complexity index is 123. The Kier molecular flexibility index (Phi) is 14.2. The Morgan fingerprint density at radius 1 is 1.29 bits per heavy atom. The van der Waals surface area contributed by atoms with Crippen molar-refractivity contribution in [3.63, 3.8) is 0 Å². The molecule has 0 aromatic rings. The quantitative estimate of drug-likeness (QED) is 0.639. The van der Waals surface area contributed by atoms with Gasteiger partial charge in [-0.2, -0.15) is 0 Å². The van der Waals surface area contributed by atoms with Gasteiger partial charge < -0.3 is 5.32 Å². The monoisotopic (exact) mass is 201 g/mol. The van der Waals surface area contributed by atoms with E-state index in [0.717, 1.165) is 19.4 Å². The highest BCUT2D eigenvalue weighted by atomic mass is 16.1. The lowest BCUT2D eigenvalue weighted by Crippen LogP contribution is -2.26. The summed E-state index contributed by atoms with van der Waals surface area (Å²) in [5.74, 6) is 0.472. The van der Waals surface area contributed by atoms with Crippen molar-refractivity contribution in [2.24, 2.45) is 5.92 Å². The van der Waals surface area contributed by atoms with E-state index < -0.39 is 0 Å². The molecule has 0 aromatic carbocycles. The van der Waals surface area contributed by atoms with Crippen molar-refractivity contribution < 1.29 is 4.79 Å². The summed E-state index contributed by atoms with van der Waals surface area (Å²) in [5.41, 5.74) is 0. The normalized spacial score (nSPS) is 20.4. The molecule has 1 heterocycles. The standard InChI is InChI=1S/C7H13NO.C3H8.C2H6/c1-6-4-2-3-5-8-7(6)9;1-3-2;1-2/h6H,2-5H2,1H3,(H,8,9);3H2,1-2H3;1-2H3. The van der Waals surface area contributed by atoms with E-state index in [-0.39, 0.29) is 11.8 Å². The molecule has 1 rings (SSSR count). The third-order valence-corrected chi connectivity index (χ3v) is 1.81. The van der Waals surface area contributed by atoms with E-state index in [2.05, 4.69) is 19.2 Å².